The van der Waals surface area contributed by atoms with Crippen molar-refractivity contribution in [3.05, 3.63) is 84.0 Å². The Morgan fingerprint density at radius 1 is 0.606 bits per heavy atom. The largest absolute Gasteiger partial charge is 0.463 e. The van der Waals surface area contributed by atoms with Gasteiger partial charge in [-0.05, 0) is 49.2 Å². The normalized spacial score (nSPS) is 12.4. The minimum Gasteiger partial charge on any atom is -0.463 e. The van der Waals surface area contributed by atoms with Crippen molar-refractivity contribution in [1.29, 1.82) is 0 Å². The number of hydrogen-bond acceptors (Lipinski definition) is 4. The van der Waals surface area contributed by atoms with Crippen molar-refractivity contribution in [3.63, 3.8) is 0 Å². The average molecular weight is 453 g/mol. The van der Waals surface area contributed by atoms with E-state index in [2.05, 4.69) is 51.3 Å². The molecule has 0 amide bonds. The molecule has 2 rings (SSSR count). The molecule has 0 unspecified atom stereocenters. The van der Waals surface area contributed by atoms with E-state index in [9.17, 15) is 0 Å². The summed E-state index contributed by atoms with van der Waals surface area (Å²) in [6, 6.07) is 16.4. The summed E-state index contributed by atoms with van der Waals surface area (Å²) in [5, 5.41) is 0. The smallest absolute Gasteiger partial charge is 0.205 e. The molecule has 0 saturated carbocycles. The van der Waals surface area contributed by atoms with Gasteiger partial charge in [-0.25, -0.2) is 0 Å². The average Bonchev–Trinajstić information content (AvgIpc) is 2.71. The van der Waals surface area contributed by atoms with Gasteiger partial charge in [0.2, 0.25) is 11.6 Å². The van der Waals surface area contributed by atoms with Gasteiger partial charge in [0, 0.05) is 33.1 Å². The molecule has 0 N–H and O–H groups in total. The summed E-state index contributed by atoms with van der Waals surface area (Å²) < 4.78 is 23.6. The molecule has 4 nitrogen and oxygen atoms in total. The summed E-state index contributed by atoms with van der Waals surface area (Å²) >= 11 is 0. The molecule has 33 heavy (non-hydrogen) atoms. The van der Waals surface area contributed by atoms with Gasteiger partial charge >= 0.3 is 0 Å². The highest BCUT2D eigenvalue weighted by Crippen LogP contribution is 2.34. The molecule has 0 fully saturated rings. The van der Waals surface area contributed by atoms with E-state index < -0.39 is 11.6 Å². The van der Waals surface area contributed by atoms with Gasteiger partial charge in [0.25, 0.3) is 0 Å². The maximum Gasteiger partial charge on any atom is 0.205 e. The lowest BCUT2D eigenvalue weighted by Gasteiger charge is -2.29. The van der Waals surface area contributed by atoms with Crippen molar-refractivity contribution in [2.45, 2.75) is 72.4 Å². The van der Waals surface area contributed by atoms with Crippen LogP contribution >= 0.6 is 0 Å². The van der Waals surface area contributed by atoms with Crippen LogP contribution in [0.15, 0.2) is 72.8 Å². The molecule has 0 radical (unpaired) electrons. The lowest BCUT2D eigenvalue weighted by Crippen LogP contribution is -2.32. The van der Waals surface area contributed by atoms with Crippen LogP contribution in [0.5, 0.6) is 11.5 Å². The van der Waals surface area contributed by atoms with Gasteiger partial charge in [0.15, 0.2) is 0 Å². The minimum atomic E-state index is -0.728. The van der Waals surface area contributed by atoms with Crippen molar-refractivity contribution in [1.82, 2.24) is 0 Å². The third-order valence-electron chi connectivity index (χ3n) is 5.21. The van der Waals surface area contributed by atoms with E-state index in [-0.39, 0.29) is 5.41 Å². The summed E-state index contributed by atoms with van der Waals surface area (Å²) in [5.41, 5.74) is 4.12. The molecule has 0 spiro atoms. The molecule has 4 heteroatoms. The van der Waals surface area contributed by atoms with Crippen LogP contribution in [-0.4, -0.2) is 24.8 Å². The monoisotopic (exact) mass is 452 g/mol. The summed E-state index contributed by atoms with van der Waals surface area (Å²) in [5.74, 6) is 0.0745. The van der Waals surface area contributed by atoms with Crippen LogP contribution in [0.3, 0.4) is 0 Å². The Bertz CT molecular complexity index is 857. The Morgan fingerprint density at radius 3 is 1.18 bits per heavy atom. The Kier molecular flexibility index (Phi) is 8.56. The first-order chi connectivity index (χ1) is 15.2. The van der Waals surface area contributed by atoms with Crippen molar-refractivity contribution in [2.24, 2.45) is 0 Å². The zero-order chi connectivity index (χ0) is 24.9. The maximum atomic E-state index is 6.03. The second-order valence-corrected chi connectivity index (χ2v) is 10.2. The fourth-order valence-electron chi connectivity index (χ4n) is 3.27. The van der Waals surface area contributed by atoms with Crippen molar-refractivity contribution >= 4 is 0 Å². The van der Waals surface area contributed by atoms with Crippen LogP contribution in [0.1, 0.15) is 66.5 Å². The first kappa shape index (κ1) is 26.7. The lowest BCUT2D eigenvalue weighted by atomic mass is 9.78. The molecule has 0 aliphatic heterocycles. The van der Waals surface area contributed by atoms with Crippen LogP contribution in [0.25, 0.3) is 0 Å². The number of hydrogen-bond donors (Lipinski definition) is 0. The summed E-state index contributed by atoms with van der Waals surface area (Å²) in [6.07, 6.45) is 0. The Labute approximate surface area is 200 Å². The molecule has 0 heterocycles. The summed E-state index contributed by atoms with van der Waals surface area (Å²) in [4.78, 5) is 0. The van der Waals surface area contributed by atoms with Gasteiger partial charge in [0.05, 0.1) is 13.2 Å². The Balaban J connectivity index is 2.08. The fraction of sp³-hybridized carbons (Fsp3) is 0.448. The summed E-state index contributed by atoms with van der Waals surface area (Å²) in [7, 11) is 0. The van der Waals surface area contributed by atoms with E-state index in [1.165, 1.54) is 11.1 Å². The molecule has 0 saturated heterocycles. The molecule has 2 aromatic rings. The Hall–Kier alpha value is -2.56. The number of rotatable bonds is 12. The highest BCUT2D eigenvalue weighted by Gasteiger charge is 2.25. The third-order valence-corrected chi connectivity index (χ3v) is 5.21. The van der Waals surface area contributed by atoms with Crippen LogP contribution < -0.4 is 9.47 Å². The second-order valence-electron chi connectivity index (χ2n) is 10.2. The van der Waals surface area contributed by atoms with Gasteiger partial charge in [-0.15, -0.1) is 0 Å². The third kappa shape index (κ3) is 8.38. The fourth-order valence-corrected chi connectivity index (χ4v) is 3.27. The zero-order valence-corrected chi connectivity index (χ0v) is 21.6. The molecule has 0 aromatic heterocycles. The molecule has 180 valence electrons. The van der Waals surface area contributed by atoms with Gasteiger partial charge in [0.1, 0.15) is 11.5 Å². The van der Waals surface area contributed by atoms with Crippen molar-refractivity contribution < 1.29 is 18.9 Å². The van der Waals surface area contributed by atoms with E-state index in [4.69, 9.17) is 18.9 Å². The van der Waals surface area contributed by atoms with E-state index in [0.29, 0.717) is 13.2 Å². The van der Waals surface area contributed by atoms with Gasteiger partial charge in [-0.1, -0.05) is 62.4 Å². The second kappa shape index (κ2) is 10.6. The maximum absolute atomic E-state index is 6.03. The molecular formula is C29H40O4. The molecular weight excluding hydrogens is 412 g/mol. The molecule has 2 aromatic carbocycles. The van der Waals surface area contributed by atoms with E-state index >= 15 is 0 Å². The molecule has 0 aliphatic rings. The predicted molar refractivity (Wildman–Crippen MR) is 136 cm³/mol. The number of ether oxygens (including phenoxy) is 4. The molecule has 0 atom stereocenters. The topological polar surface area (TPSA) is 36.9 Å². The van der Waals surface area contributed by atoms with Gasteiger partial charge in [-0.3, -0.25) is 0 Å². The molecule has 0 aliphatic carbocycles. The predicted octanol–water partition coefficient (Wildman–Crippen LogP) is 7.43. The lowest BCUT2D eigenvalue weighted by molar-refractivity contribution is -0.149. The molecule has 0 bridgehead atoms. The Morgan fingerprint density at radius 2 is 0.909 bits per heavy atom. The highest BCUT2D eigenvalue weighted by molar-refractivity contribution is 5.42. The van der Waals surface area contributed by atoms with Crippen LogP contribution in [-0.2, 0) is 14.9 Å². The van der Waals surface area contributed by atoms with E-state index in [0.717, 1.165) is 22.6 Å². The van der Waals surface area contributed by atoms with Crippen molar-refractivity contribution in [2.75, 3.05) is 13.2 Å². The van der Waals surface area contributed by atoms with E-state index in [1.54, 1.807) is 0 Å². The quantitative estimate of drug-likeness (QED) is 0.248. The van der Waals surface area contributed by atoms with Crippen LogP contribution in [0.2, 0.25) is 0 Å². The van der Waals surface area contributed by atoms with Crippen molar-refractivity contribution in [3.8, 4) is 11.5 Å². The first-order valence-corrected chi connectivity index (χ1v) is 11.4. The first-order valence-electron chi connectivity index (χ1n) is 11.4. The van der Waals surface area contributed by atoms with Gasteiger partial charge < -0.3 is 18.9 Å². The van der Waals surface area contributed by atoms with Crippen LogP contribution in [0.4, 0.5) is 0 Å². The van der Waals surface area contributed by atoms with E-state index in [1.807, 2.05) is 65.8 Å². The SMILES string of the molecule is C=C(C)COC(C)(C)Oc1ccc(C(C)(C)c2ccc(OC(C)(C)OCC(=C)C)cc2)cc1. The van der Waals surface area contributed by atoms with Crippen LogP contribution in [0, 0.1) is 0 Å². The zero-order valence-electron chi connectivity index (χ0n) is 21.6. The highest BCUT2D eigenvalue weighted by atomic mass is 16.7. The van der Waals surface area contributed by atoms with Gasteiger partial charge in [-0.2, -0.15) is 0 Å². The minimum absolute atomic E-state index is 0.186. The number of benzene rings is 2. The summed E-state index contributed by atoms with van der Waals surface area (Å²) in [6.45, 7) is 24.6. The standard InChI is InChI=1S/C29H40O4/c1-21(2)19-30-28(7,8)32-25-15-11-23(12-16-25)27(5,6)24-13-17-26(18-14-24)33-29(9,10)31-20-22(3)4/h11-18H,1,3,19-20H2,2,4-10H3.